The van der Waals surface area contributed by atoms with Crippen LogP contribution in [0.15, 0.2) is 48.5 Å². The van der Waals surface area contributed by atoms with E-state index in [0.717, 1.165) is 5.56 Å². The van der Waals surface area contributed by atoms with E-state index in [1.165, 1.54) is 0 Å². The summed E-state index contributed by atoms with van der Waals surface area (Å²) >= 11 is 0. The molecular weight excluding hydrogens is 334 g/mol. The lowest BCUT2D eigenvalue weighted by atomic mass is 10.1. The zero-order valence-electron chi connectivity index (χ0n) is 14.4. The topological polar surface area (TPSA) is 94.2 Å². The first-order chi connectivity index (χ1) is 12.6. The third kappa shape index (κ3) is 3.77. The van der Waals surface area contributed by atoms with Crippen molar-refractivity contribution in [1.82, 2.24) is 15.4 Å². The smallest absolute Gasteiger partial charge is 0.361 e. The van der Waals surface area contributed by atoms with Crippen molar-refractivity contribution in [3.05, 3.63) is 65.4 Å². The standard InChI is InChI=1S/C19H17N3O4/c1-3-25-19(24)17-16(20-22-21-17)13-8-10-15(11-9-13)26-18(23)14-6-4-12(2)5-7-14/h4-11H,3H2,1-2H3,(H,20,21,22). The Morgan fingerprint density at radius 1 is 0.962 bits per heavy atom. The predicted octanol–water partition coefficient (Wildman–Crippen LogP) is 3.18. The number of nitrogens with one attached hydrogen (secondary N) is 1. The monoisotopic (exact) mass is 351 g/mol. The van der Waals surface area contributed by atoms with E-state index >= 15 is 0 Å². The Morgan fingerprint density at radius 3 is 2.31 bits per heavy atom. The molecule has 0 aliphatic carbocycles. The zero-order chi connectivity index (χ0) is 18.5. The molecule has 0 radical (unpaired) electrons. The van der Waals surface area contributed by atoms with Gasteiger partial charge in [0.1, 0.15) is 11.4 Å². The van der Waals surface area contributed by atoms with Crippen molar-refractivity contribution in [2.75, 3.05) is 6.61 Å². The molecule has 1 N–H and O–H groups in total. The van der Waals surface area contributed by atoms with Crippen molar-refractivity contribution in [1.29, 1.82) is 0 Å². The van der Waals surface area contributed by atoms with E-state index in [4.69, 9.17) is 9.47 Å². The van der Waals surface area contributed by atoms with E-state index in [9.17, 15) is 9.59 Å². The van der Waals surface area contributed by atoms with Gasteiger partial charge in [0.25, 0.3) is 0 Å². The average molecular weight is 351 g/mol. The molecule has 7 heteroatoms. The highest BCUT2D eigenvalue weighted by Gasteiger charge is 2.19. The Kier molecular flexibility index (Phi) is 5.07. The number of carbonyl (C=O) groups excluding carboxylic acids is 2. The van der Waals surface area contributed by atoms with Crippen LogP contribution in [0.2, 0.25) is 0 Å². The van der Waals surface area contributed by atoms with Crippen molar-refractivity contribution in [3.63, 3.8) is 0 Å². The Hall–Kier alpha value is -3.48. The Bertz CT molecular complexity index is 915. The quantitative estimate of drug-likeness (QED) is 0.560. The first-order valence-corrected chi connectivity index (χ1v) is 8.05. The third-order valence-corrected chi connectivity index (χ3v) is 3.64. The first-order valence-electron chi connectivity index (χ1n) is 8.05. The highest BCUT2D eigenvalue weighted by atomic mass is 16.5. The lowest BCUT2D eigenvalue weighted by Gasteiger charge is -2.06. The summed E-state index contributed by atoms with van der Waals surface area (Å²) < 4.78 is 10.3. The molecule has 26 heavy (non-hydrogen) atoms. The van der Waals surface area contributed by atoms with Crippen LogP contribution in [0.3, 0.4) is 0 Å². The molecule has 2 aromatic carbocycles. The molecule has 0 unspecified atom stereocenters. The highest BCUT2D eigenvalue weighted by Crippen LogP contribution is 2.23. The summed E-state index contributed by atoms with van der Waals surface area (Å²) in [5.74, 6) is -0.599. The van der Waals surface area contributed by atoms with Gasteiger partial charge in [-0.2, -0.15) is 10.3 Å². The van der Waals surface area contributed by atoms with Gasteiger partial charge < -0.3 is 9.47 Å². The fourth-order valence-electron chi connectivity index (χ4n) is 2.31. The molecule has 3 aromatic rings. The number of rotatable bonds is 5. The average Bonchev–Trinajstić information content (AvgIpc) is 3.13. The number of H-pyrrole nitrogens is 1. The molecule has 0 fully saturated rings. The minimum Gasteiger partial charge on any atom is -0.461 e. The Morgan fingerprint density at radius 2 is 1.65 bits per heavy atom. The third-order valence-electron chi connectivity index (χ3n) is 3.64. The molecule has 0 saturated carbocycles. The summed E-state index contributed by atoms with van der Waals surface area (Å²) in [5, 5.41) is 10.2. The first kappa shape index (κ1) is 17.3. The molecule has 3 rings (SSSR count). The molecule has 1 aromatic heterocycles. The summed E-state index contributed by atoms with van der Waals surface area (Å²) in [6.45, 7) is 3.91. The van der Waals surface area contributed by atoms with Crippen molar-refractivity contribution in [2.45, 2.75) is 13.8 Å². The zero-order valence-corrected chi connectivity index (χ0v) is 14.4. The fraction of sp³-hybridized carbons (Fsp3) is 0.158. The van der Waals surface area contributed by atoms with Gasteiger partial charge in [-0.05, 0) is 50.2 Å². The van der Waals surface area contributed by atoms with Crippen LogP contribution in [-0.2, 0) is 4.74 Å². The van der Waals surface area contributed by atoms with Crippen LogP contribution >= 0.6 is 0 Å². The number of ether oxygens (including phenoxy) is 2. The number of hydrogen-bond acceptors (Lipinski definition) is 6. The number of aromatic nitrogens is 3. The molecular formula is C19H17N3O4. The molecule has 0 aliphatic heterocycles. The molecule has 0 spiro atoms. The maximum atomic E-state index is 12.1. The van der Waals surface area contributed by atoms with Gasteiger partial charge in [-0.25, -0.2) is 9.59 Å². The highest BCUT2D eigenvalue weighted by molar-refractivity contribution is 5.94. The summed E-state index contributed by atoms with van der Waals surface area (Å²) in [4.78, 5) is 24.0. The molecule has 0 bridgehead atoms. The maximum Gasteiger partial charge on any atom is 0.361 e. The van der Waals surface area contributed by atoms with Crippen LogP contribution in [0.25, 0.3) is 11.3 Å². The second-order valence-corrected chi connectivity index (χ2v) is 5.52. The molecule has 0 aliphatic rings. The summed E-state index contributed by atoms with van der Waals surface area (Å²) in [6.07, 6.45) is 0. The van der Waals surface area contributed by atoms with Gasteiger partial charge in [0, 0.05) is 5.56 Å². The van der Waals surface area contributed by atoms with Gasteiger partial charge in [0.2, 0.25) is 0 Å². The van der Waals surface area contributed by atoms with E-state index in [1.54, 1.807) is 43.3 Å². The van der Waals surface area contributed by atoms with Gasteiger partial charge in [0.15, 0.2) is 5.69 Å². The largest absolute Gasteiger partial charge is 0.461 e. The number of nitrogens with zero attached hydrogens (tertiary/aromatic N) is 2. The van der Waals surface area contributed by atoms with E-state index in [0.29, 0.717) is 22.6 Å². The van der Waals surface area contributed by atoms with Gasteiger partial charge >= 0.3 is 11.9 Å². The van der Waals surface area contributed by atoms with Crippen LogP contribution in [0.5, 0.6) is 5.75 Å². The van der Waals surface area contributed by atoms with E-state index < -0.39 is 11.9 Å². The van der Waals surface area contributed by atoms with Gasteiger partial charge in [-0.3, -0.25) is 0 Å². The van der Waals surface area contributed by atoms with Gasteiger partial charge in [-0.15, -0.1) is 5.10 Å². The van der Waals surface area contributed by atoms with E-state index in [1.807, 2.05) is 19.1 Å². The van der Waals surface area contributed by atoms with Crippen molar-refractivity contribution in [2.24, 2.45) is 0 Å². The SMILES string of the molecule is CCOC(=O)c1n[nH]nc1-c1ccc(OC(=O)c2ccc(C)cc2)cc1. The van der Waals surface area contributed by atoms with Crippen LogP contribution in [-0.4, -0.2) is 34.0 Å². The molecule has 132 valence electrons. The minimum absolute atomic E-state index is 0.108. The van der Waals surface area contributed by atoms with Crippen LogP contribution in [0.4, 0.5) is 0 Å². The maximum absolute atomic E-state index is 12.1. The lowest BCUT2D eigenvalue weighted by molar-refractivity contribution is 0.0520. The number of carbonyl (C=O) groups is 2. The lowest BCUT2D eigenvalue weighted by Crippen LogP contribution is -2.08. The van der Waals surface area contributed by atoms with Crippen molar-refractivity contribution < 1.29 is 19.1 Å². The molecule has 1 heterocycles. The van der Waals surface area contributed by atoms with E-state index in [2.05, 4.69) is 15.4 Å². The Balaban J connectivity index is 1.75. The minimum atomic E-state index is -0.550. The Labute approximate surface area is 150 Å². The van der Waals surface area contributed by atoms with Gasteiger partial charge in [0.05, 0.1) is 12.2 Å². The van der Waals surface area contributed by atoms with Crippen molar-refractivity contribution in [3.8, 4) is 17.0 Å². The second-order valence-electron chi connectivity index (χ2n) is 5.52. The van der Waals surface area contributed by atoms with Crippen LogP contribution < -0.4 is 4.74 Å². The molecule has 0 amide bonds. The molecule has 7 nitrogen and oxygen atoms in total. The number of benzene rings is 2. The number of esters is 2. The molecule has 0 saturated heterocycles. The van der Waals surface area contributed by atoms with Gasteiger partial charge in [-0.1, -0.05) is 17.7 Å². The number of aromatic amines is 1. The summed E-state index contributed by atoms with van der Waals surface area (Å²) in [5.41, 5.74) is 2.67. The summed E-state index contributed by atoms with van der Waals surface area (Å²) in [6, 6.07) is 13.8. The van der Waals surface area contributed by atoms with Crippen LogP contribution in [0, 0.1) is 6.92 Å². The van der Waals surface area contributed by atoms with Crippen molar-refractivity contribution >= 4 is 11.9 Å². The molecule has 0 atom stereocenters. The van der Waals surface area contributed by atoms with Crippen LogP contribution in [0.1, 0.15) is 33.3 Å². The predicted molar refractivity (Wildman–Crippen MR) is 93.9 cm³/mol. The summed E-state index contributed by atoms with van der Waals surface area (Å²) in [7, 11) is 0. The number of hydrogen-bond donors (Lipinski definition) is 1. The number of aryl methyl sites for hydroxylation is 1. The second kappa shape index (κ2) is 7.60. The normalized spacial score (nSPS) is 10.4. The van der Waals surface area contributed by atoms with E-state index in [-0.39, 0.29) is 12.3 Å². The fourth-order valence-corrected chi connectivity index (χ4v) is 2.31.